The highest BCUT2D eigenvalue weighted by atomic mass is 19.1. The first-order valence-corrected chi connectivity index (χ1v) is 11.3. The predicted molar refractivity (Wildman–Crippen MR) is 139 cm³/mol. The molecule has 0 radical (unpaired) electrons. The molecule has 2 N–H and O–H groups in total. The average Bonchev–Trinajstić information content (AvgIpc) is 2.87. The second-order valence-electron chi connectivity index (χ2n) is 8.26. The van der Waals surface area contributed by atoms with Crippen LogP contribution in [0.25, 0.3) is 0 Å². The van der Waals surface area contributed by atoms with E-state index in [1.54, 1.807) is 18.2 Å². The SMILES string of the molecule is C[C@H](Nc1nccc(N(C(=O)Nc2c(F)cccc2F)c2ccccc2N(C)C)n1)c1ccccc1. The lowest BCUT2D eigenvalue weighted by atomic mass is 10.1. The van der Waals surface area contributed by atoms with Gasteiger partial charge < -0.3 is 15.5 Å². The van der Waals surface area contributed by atoms with Gasteiger partial charge in [-0.05, 0) is 36.8 Å². The van der Waals surface area contributed by atoms with Gasteiger partial charge in [0.2, 0.25) is 5.95 Å². The van der Waals surface area contributed by atoms with Crippen LogP contribution in [0.15, 0.2) is 85.1 Å². The van der Waals surface area contributed by atoms with E-state index in [0.29, 0.717) is 17.3 Å². The molecule has 0 aliphatic rings. The number of aromatic nitrogens is 2. The summed E-state index contributed by atoms with van der Waals surface area (Å²) in [5.41, 5.74) is 1.67. The van der Waals surface area contributed by atoms with Gasteiger partial charge in [-0.2, -0.15) is 4.98 Å². The molecule has 3 aromatic carbocycles. The number of benzene rings is 3. The number of anilines is 5. The number of para-hydroxylation sites is 3. The summed E-state index contributed by atoms with van der Waals surface area (Å²) in [6.07, 6.45) is 1.52. The highest BCUT2D eigenvalue weighted by molar-refractivity contribution is 6.08. The van der Waals surface area contributed by atoms with Crippen LogP contribution in [0.3, 0.4) is 0 Å². The van der Waals surface area contributed by atoms with Crippen molar-refractivity contribution in [3.05, 3.63) is 102 Å². The van der Waals surface area contributed by atoms with Gasteiger partial charge in [0.25, 0.3) is 0 Å². The van der Waals surface area contributed by atoms with E-state index < -0.39 is 23.4 Å². The summed E-state index contributed by atoms with van der Waals surface area (Å²) in [6.45, 7) is 1.97. The van der Waals surface area contributed by atoms with Gasteiger partial charge in [0.05, 0.1) is 17.4 Å². The van der Waals surface area contributed by atoms with Gasteiger partial charge in [0.1, 0.15) is 23.1 Å². The molecule has 0 aliphatic heterocycles. The number of nitrogens with one attached hydrogen (secondary N) is 2. The molecule has 0 spiro atoms. The zero-order chi connectivity index (χ0) is 25.7. The molecule has 7 nitrogen and oxygen atoms in total. The van der Waals surface area contributed by atoms with E-state index in [9.17, 15) is 13.6 Å². The lowest BCUT2D eigenvalue weighted by Gasteiger charge is -2.27. The van der Waals surface area contributed by atoms with Crippen molar-refractivity contribution in [2.75, 3.05) is 34.5 Å². The summed E-state index contributed by atoms with van der Waals surface area (Å²) in [4.78, 5) is 25.5. The number of carbonyl (C=O) groups is 1. The number of carbonyl (C=O) groups excluding carboxylic acids is 1. The molecule has 0 unspecified atom stereocenters. The van der Waals surface area contributed by atoms with Crippen LogP contribution in [0.2, 0.25) is 0 Å². The van der Waals surface area contributed by atoms with Gasteiger partial charge in [0.15, 0.2) is 0 Å². The Morgan fingerprint density at radius 1 is 0.861 bits per heavy atom. The number of halogens is 2. The van der Waals surface area contributed by atoms with E-state index in [0.717, 1.165) is 17.7 Å². The number of hydrogen-bond donors (Lipinski definition) is 2. The van der Waals surface area contributed by atoms with Gasteiger partial charge in [-0.15, -0.1) is 0 Å². The van der Waals surface area contributed by atoms with Gasteiger partial charge in [0, 0.05) is 26.4 Å². The summed E-state index contributed by atoms with van der Waals surface area (Å²) >= 11 is 0. The van der Waals surface area contributed by atoms with Crippen LogP contribution in [0.5, 0.6) is 0 Å². The van der Waals surface area contributed by atoms with Crippen LogP contribution in [0.4, 0.5) is 42.4 Å². The van der Waals surface area contributed by atoms with Crippen molar-refractivity contribution in [2.45, 2.75) is 13.0 Å². The Kier molecular flexibility index (Phi) is 7.39. The summed E-state index contributed by atoms with van der Waals surface area (Å²) in [7, 11) is 3.67. The van der Waals surface area contributed by atoms with E-state index in [4.69, 9.17) is 0 Å². The predicted octanol–water partition coefficient (Wildman–Crippen LogP) is 6.36. The molecule has 0 aliphatic carbocycles. The number of nitrogens with zero attached hydrogens (tertiary/aromatic N) is 4. The van der Waals surface area contributed by atoms with Crippen molar-refractivity contribution in [3.63, 3.8) is 0 Å². The van der Waals surface area contributed by atoms with Gasteiger partial charge in [-0.25, -0.2) is 23.5 Å². The molecule has 4 rings (SSSR count). The highest BCUT2D eigenvalue weighted by Gasteiger charge is 2.25. The molecule has 1 atom stereocenters. The topological polar surface area (TPSA) is 73.4 Å². The number of urea groups is 1. The van der Waals surface area contributed by atoms with Crippen LogP contribution in [0.1, 0.15) is 18.5 Å². The monoisotopic (exact) mass is 488 g/mol. The van der Waals surface area contributed by atoms with E-state index in [1.807, 2.05) is 68.4 Å². The summed E-state index contributed by atoms with van der Waals surface area (Å²) in [5.74, 6) is -1.26. The Bertz CT molecular complexity index is 1330. The smallest absolute Gasteiger partial charge is 0.332 e. The quantitative estimate of drug-likeness (QED) is 0.317. The third kappa shape index (κ3) is 5.41. The highest BCUT2D eigenvalue weighted by Crippen LogP contribution is 2.34. The first kappa shape index (κ1) is 24.6. The normalized spacial score (nSPS) is 11.5. The third-order valence-corrected chi connectivity index (χ3v) is 5.52. The minimum absolute atomic E-state index is 0.106. The molecule has 9 heteroatoms. The van der Waals surface area contributed by atoms with Crippen molar-refractivity contribution in [2.24, 2.45) is 0 Å². The first-order chi connectivity index (χ1) is 17.3. The van der Waals surface area contributed by atoms with E-state index >= 15 is 0 Å². The molecule has 0 saturated heterocycles. The maximum atomic E-state index is 14.3. The van der Waals surface area contributed by atoms with Crippen LogP contribution in [0, 0.1) is 11.6 Å². The Morgan fingerprint density at radius 2 is 1.50 bits per heavy atom. The van der Waals surface area contributed by atoms with E-state index in [-0.39, 0.29) is 11.9 Å². The van der Waals surface area contributed by atoms with Crippen molar-refractivity contribution >= 4 is 34.9 Å². The lowest BCUT2D eigenvalue weighted by molar-refractivity contribution is 0.258. The molecular formula is C27H26F2N6O. The van der Waals surface area contributed by atoms with Crippen LogP contribution in [-0.4, -0.2) is 30.1 Å². The molecule has 0 fully saturated rings. The van der Waals surface area contributed by atoms with E-state index in [1.165, 1.54) is 17.2 Å². The van der Waals surface area contributed by atoms with Crippen LogP contribution < -0.4 is 20.4 Å². The molecule has 184 valence electrons. The Hall–Kier alpha value is -4.53. The summed E-state index contributed by atoms with van der Waals surface area (Å²) < 4.78 is 28.7. The van der Waals surface area contributed by atoms with Gasteiger partial charge >= 0.3 is 6.03 Å². The third-order valence-electron chi connectivity index (χ3n) is 5.52. The minimum Gasteiger partial charge on any atom is -0.376 e. The standard InChI is InChI=1S/C27H26F2N6O/c1-18(19-10-5-4-6-11-19)31-26-30-17-16-24(32-26)35(23-15-8-7-14-22(23)34(2)3)27(36)33-25-20(28)12-9-13-21(25)29/h4-18H,1-3H3,(H,33,36)(H,30,31,32)/t18-/m0/s1. The van der Waals surface area contributed by atoms with Crippen molar-refractivity contribution in [1.82, 2.24) is 9.97 Å². The van der Waals surface area contributed by atoms with Crippen LogP contribution >= 0.6 is 0 Å². The Balaban J connectivity index is 1.74. The molecule has 2 amide bonds. The Labute approximate surface area is 208 Å². The second-order valence-corrected chi connectivity index (χ2v) is 8.26. The number of rotatable bonds is 7. The molecule has 1 aromatic heterocycles. The molecule has 0 saturated carbocycles. The zero-order valence-electron chi connectivity index (χ0n) is 20.1. The number of hydrogen-bond acceptors (Lipinski definition) is 5. The molecular weight excluding hydrogens is 462 g/mol. The Morgan fingerprint density at radius 3 is 2.17 bits per heavy atom. The molecule has 0 bridgehead atoms. The fraction of sp³-hybridized carbons (Fsp3) is 0.148. The number of amides is 2. The molecule has 36 heavy (non-hydrogen) atoms. The maximum Gasteiger partial charge on any atom is 0.332 e. The average molecular weight is 489 g/mol. The maximum absolute atomic E-state index is 14.3. The fourth-order valence-electron chi connectivity index (χ4n) is 3.71. The summed E-state index contributed by atoms with van der Waals surface area (Å²) in [6, 6.07) is 21.0. The minimum atomic E-state index is -0.883. The van der Waals surface area contributed by atoms with Crippen molar-refractivity contribution in [3.8, 4) is 0 Å². The summed E-state index contributed by atoms with van der Waals surface area (Å²) in [5, 5.41) is 5.60. The fourth-order valence-corrected chi connectivity index (χ4v) is 3.71. The van der Waals surface area contributed by atoms with Crippen LogP contribution in [-0.2, 0) is 0 Å². The molecule has 4 aromatic rings. The lowest BCUT2D eigenvalue weighted by Crippen LogP contribution is -2.33. The first-order valence-electron chi connectivity index (χ1n) is 11.3. The second kappa shape index (κ2) is 10.8. The van der Waals surface area contributed by atoms with Gasteiger partial charge in [-0.1, -0.05) is 48.5 Å². The van der Waals surface area contributed by atoms with Crippen molar-refractivity contribution < 1.29 is 13.6 Å². The van der Waals surface area contributed by atoms with Gasteiger partial charge in [-0.3, -0.25) is 0 Å². The largest absolute Gasteiger partial charge is 0.376 e. The van der Waals surface area contributed by atoms with E-state index in [2.05, 4.69) is 20.6 Å². The van der Waals surface area contributed by atoms with Crippen molar-refractivity contribution in [1.29, 1.82) is 0 Å². The zero-order valence-corrected chi connectivity index (χ0v) is 20.1. The molecule has 1 heterocycles.